The Kier molecular flexibility index (Phi) is 9.01. The van der Waals surface area contributed by atoms with Gasteiger partial charge in [-0.25, -0.2) is 12.5 Å². The van der Waals surface area contributed by atoms with E-state index in [1.807, 2.05) is 0 Å². The van der Waals surface area contributed by atoms with Gasteiger partial charge in [0.05, 0.1) is 0 Å². The Balaban J connectivity index is -0.000000403. The molecule has 1 aliphatic rings. The van der Waals surface area contributed by atoms with Crippen LogP contribution in [0, 0.1) is 12.3 Å². The molecule has 1 aliphatic carbocycles. The fourth-order valence-corrected chi connectivity index (χ4v) is 1.67. The van der Waals surface area contributed by atoms with Crippen LogP contribution in [0.1, 0.15) is 34.6 Å². The quantitative estimate of drug-likeness (QED) is 0.453. The molecule has 0 radical (unpaired) electrons. The van der Waals surface area contributed by atoms with E-state index in [1.54, 1.807) is 0 Å². The van der Waals surface area contributed by atoms with E-state index in [9.17, 15) is 0 Å². The zero-order valence-corrected chi connectivity index (χ0v) is 12.7. The van der Waals surface area contributed by atoms with E-state index in [-0.39, 0.29) is 51.9 Å². The molecule has 3 heteroatoms. The monoisotopic (exact) mass is 269 g/mol. The van der Waals surface area contributed by atoms with Crippen molar-refractivity contribution < 1.29 is 21.7 Å². The predicted octanol–water partition coefficient (Wildman–Crippen LogP) is 4.35. The molecule has 0 N–H and O–H groups in total. The third kappa shape index (κ3) is 2.82. The summed E-state index contributed by atoms with van der Waals surface area (Å²) in [5, 5.41) is 0. The van der Waals surface area contributed by atoms with Crippen molar-refractivity contribution in [3.05, 3.63) is 29.2 Å². The van der Waals surface area contributed by atoms with Gasteiger partial charge in [-0.2, -0.15) is 5.57 Å². The van der Waals surface area contributed by atoms with Gasteiger partial charge in [0, 0.05) is 21.7 Å². The summed E-state index contributed by atoms with van der Waals surface area (Å²) in [4.78, 5) is 0. The second-order valence-corrected chi connectivity index (χ2v) is 3.98. The first kappa shape index (κ1) is 20.1. The molecule has 1 rings (SSSR count). The number of allylic oxidation sites excluding steroid dienone is 4. The van der Waals surface area contributed by atoms with Crippen molar-refractivity contribution in [1.29, 1.82) is 0 Å². The van der Waals surface area contributed by atoms with Crippen LogP contribution < -0.4 is 0 Å². The number of hydrogen-bond donors (Lipinski definition) is 0. The van der Waals surface area contributed by atoms with Crippen molar-refractivity contribution in [3.8, 4) is 0 Å². The minimum Gasteiger partial charge on any atom is -0.240 e. The molecule has 0 unspecified atom stereocenters. The van der Waals surface area contributed by atoms with E-state index < -0.39 is 0 Å². The van der Waals surface area contributed by atoms with Gasteiger partial charge >= 0.3 is 0 Å². The Morgan fingerprint density at radius 1 is 0.929 bits per heavy atom. The van der Waals surface area contributed by atoms with Crippen LogP contribution in [-0.2, 0) is 21.7 Å². The standard InChI is InChI=1S/C11H17.2ClH.Ti/c1-7-8(2)10(4)11(5,6)9(7)3;;;/h3H2,1-2,4-6H3;2*1H;/q-1;;;. The third-order valence-electron chi connectivity index (χ3n) is 3.27. The Labute approximate surface area is 115 Å². The smallest absolute Gasteiger partial charge is 0 e. The Morgan fingerprint density at radius 2 is 1.29 bits per heavy atom. The number of rotatable bonds is 0. The van der Waals surface area contributed by atoms with E-state index in [1.165, 1.54) is 22.3 Å². The summed E-state index contributed by atoms with van der Waals surface area (Å²) in [6.45, 7) is 15.1. The van der Waals surface area contributed by atoms with Crippen LogP contribution in [0.5, 0.6) is 0 Å². The topological polar surface area (TPSA) is 0 Å². The summed E-state index contributed by atoms with van der Waals surface area (Å²) >= 11 is 0. The molecule has 0 saturated heterocycles. The summed E-state index contributed by atoms with van der Waals surface area (Å²) < 4.78 is 0. The second-order valence-electron chi connectivity index (χ2n) is 3.98. The molecule has 0 fully saturated rings. The third-order valence-corrected chi connectivity index (χ3v) is 3.27. The largest absolute Gasteiger partial charge is 0.240 e. The van der Waals surface area contributed by atoms with Gasteiger partial charge in [-0.15, -0.1) is 37.3 Å². The molecule has 0 spiro atoms. The molecule has 0 bridgehead atoms. The van der Waals surface area contributed by atoms with E-state index in [4.69, 9.17) is 0 Å². The van der Waals surface area contributed by atoms with Gasteiger partial charge in [0.2, 0.25) is 0 Å². The average Bonchev–Trinajstić information content (AvgIpc) is 2.06. The van der Waals surface area contributed by atoms with E-state index in [0.717, 1.165) is 0 Å². The van der Waals surface area contributed by atoms with Gasteiger partial charge < -0.3 is 0 Å². The number of hydrogen-bond acceptors (Lipinski definition) is 0. The maximum absolute atomic E-state index is 4.11. The molecule has 0 aromatic rings. The van der Waals surface area contributed by atoms with Crippen molar-refractivity contribution in [2.75, 3.05) is 0 Å². The first-order valence-electron chi connectivity index (χ1n) is 4.10. The summed E-state index contributed by atoms with van der Waals surface area (Å²) in [7, 11) is 0. The van der Waals surface area contributed by atoms with Crippen molar-refractivity contribution in [2.24, 2.45) is 5.41 Å². The molecule has 0 aliphatic heterocycles. The second kappa shape index (κ2) is 6.28. The first-order chi connectivity index (χ1) is 4.89. The Hall–Kier alpha value is 0.644. The molecule has 14 heavy (non-hydrogen) atoms. The summed E-state index contributed by atoms with van der Waals surface area (Å²) in [5.74, 6) is 0. The first-order valence-corrected chi connectivity index (χ1v) is 4.10. The minimum atomic E-state index is 0. The minimum absolute atomic E-state index is 0. The molecular weight excluding hydrogens is 251 g/mol. The molecule has 0 aromatic carbocycles. The van der Waals surface area contributed by atoms with Gasteiger partial charge in [0.1, 0.15) is 0 Å². The van der Waals surface area contributed by atoms with Crippen LogP contribution >= 0.6 is 24.8 Å². The van der Waals surface area contributed by atoms with E-state index in [2.05, 4.69) is 41.5 Å². The van der Waals surface area contributed by atoms with Crippen molar-refractivity contribution >= 4 is 24.8 Å². The molecule has 82 valence electrons. The van der Waals surface area contributed by atoms with Crippen LogP contribution in [0.2, 0.25) is 0 Å². The number of halogens is 2. The molecule has 0 atom stereocenters. The van der Waals surface area contributed by atoms with Crippen molar-refractivity contribution in [2.45, 2.75) is 34.6 Å². The molecule has 0 nitrogen and oxygen atoms in total. The maximum Gasteiger partial charge on any atom is 0 e. The fourth-order valence-electron chi connectivity index (χ4n) is 1.67. The van der Waals surface area contributed by atoms with Crippen molar-refractivity contribution in [3.63, 3.8) is 0 Å². The molecule has 0 saturated carbocycles. The van der Waals surface area contributed by atoms with Crippen LogP contribution in [0.4, 0.5) is 0 Å². The van der Waals surface area contributed by atoms with Crippen LogP contribution in [0.25, 0.3) is 0 Å². The summed E-state index contributed by atoms with van der Waals surface area (Å²) in [5.41, 5.74) is 5.77. The zero-order valence-electron chi connectivity index (χ0n) is 9.52. The molecule has 0 aromatic heterocycles. The zero-order chi connectivity index (χ0) is 8.81. The SMILES string of the molecule is Cl.Cl.[CH2-]C1=C(C)C(C)=C(C)C1(C)C.[Ti]. The van der Waals surface area contributed by atoms with Gasteiger partial charge in [0.25, 0.3) is 0 Å². The molecule has 0 heterocycles. The predicted molar refractivity (Wildman–Crippen MR) is 64.7 cm³/mol. The van der Waals surface area contributed by atoms with E-state index in [0.29, 0.717) is 0 Å². The van der Waals surface area contributed by atoms with Crippen LogP contribution in [0.3, 0.4) is 0 Å². The van der Waals surface area contributed by atoms with Crippen LogP contribution in [0.15, 0.2) is 22.3 Å². The normalized spacial score (nSPS) is 18.4. The molecular formula is C11H19Cl2Ti-. The maximum atomic E-state index is 4.11. The van der Waals surface area contributed by atoms with Gasteiger partial charge in [-0.05, 0) is 12.3 Å². The van der Waals surface area contributed by atoms with Crippen LogP contribution in [-0.4, -0.2) is 0 Å². The average molecular weight is 270 g/mol. The van der Waals surface area contributed by atoms with E-state index >= 15 is 0 Å². The van der Waals surface area contributed by atoms with Gasteiger partial charge in [0.15, 0.2) is 0 Å². The van der Waals surface area contributed by atoms with Gasteiger partial charge in [-0.3, -0.25) is 0 Å². The Morgan fingerprint density at radius 3 is 1.36 bits per heavy atom. The fraction of sp³-hybridized carbons (Fsp3) is 0.545. The summed E-state index contributed by atoms with van der Waals surface area (Å²) in [6, 6.07) is 0. The molecule has 0 amide bonds. The Bertz CT molecular complexity index is 236. The van der Waals surface area contributed by atoms with Gasteiger partial charge in [-0.1, -0.05) is 26.3 Å². The van der Waals surface area contributed by atoms with Crippen molar-refractivity contribution in [1.82, 2.24) is 0 Å². The summed E-state index contributed by atoms with van der Waals surface area (Å²) in [6.07, 6.45) is 0.